The van der Waals surface area contributed by atoms with Gasteiger partial charge in [-0.15, -0.1) is 0 Å². The van der Waals surface area contributed by atoms with Crippen LogP contribution in [0.4, 0.5) is 5.95 Å². The van der Waals surface area contributed by atoms with Gasteiger partial charge in [0.1, 0.15) is 5.78 Å². The molecule has 22 heavy (non-hydrogen) atoms. The average molecular weight is 367 g/mol. The van der Waals surface area contributed by atoms with Crippen molar-refractivity contribution in [3.05, 3.63) is 22.2 Å². The first-order chi connectivity index (χ1) is 10.4. The van der Waals surface area contributed by atoms with Gasteiger partial charge in [0, 0.05) is 16.1 Å². The molecule has 1 aromatic heterocycles. The topological polar surface area (TPSA) is 64.2 Å². The van der Waals surface area contributed by atoms with Crippen LogP contribution in [0.15, 0.2) is 16.6 Å². The molecule has 5 nitrogen and oxygen atoms in total. The van der Waals surface area contributed by atoms with E-state index in [1.54, 1.807) is 11.5 Å². The molecule has 2 N–H and O–H groups in total. The molecule has 0 saturated carbocycles. The van der Waals surface area contributed by atoms with Gasteiger partial charge >= 0.3 is 0 Å². The zero-order chi connectivity index (χ0) is 16.4. The van der Waals surface area contributed by atoms with E-state index >= 15 is 0 Å². The van der Waals surface area contributed by atoms with E-state index in [0.29, 0.717) is 5.95 Å². The summed E-state index contributed by atoms with van der Waals surface area (Å²) >= 11 is 3.65. The molecular formula is C16H23BrN4O. The second-order valence-electron chi connectivity index (χ2n) is 5.48. The van der Waals surface area contributed by atoms with Crippen LogP contribution in [0.2, 0.25) is 0 Å². The van der Waals surface area contributed by atoms with Crippen LogP contribution < -0.4 is 5.73 Å². The Labute approximate surface area is 139 Å². The molecular weight excluding hydrogens is 344 g/mol. The van der Waals surface area contributed by atoms with Gasteiger partial charge in [-0.25, -0.2) is 4.98 Å². The summed E-state index contributed by atoms with van der Waals surface area (Å²) in [6, 6.07) is 4.19. The standard InChI is InChI=1S/C16H23BrN4O/c1-5-20(6-2)11(4)14-12(17)7-8-13-15(14)19-16(18)21(13)9-10(3)22/h7-8,11H,5-6,9H2,1-4H3,(H2,18,19). The summed E-state index contributed by atoms with van der Waals surface area (Å²) in [7, 11) is 0. The summed E-state index contributed by atoms with van der Waals surface area (Å²) in [4.78, 5) is 18.4. The van der Waals surface area contributed by atoms with E-state index in [2.05, 4.69) is 46.6 Å². The maximum absolute atomic E-state index is 11.5. The maximum Gasteiger partial charge on any atom is 0.201 e. The number of anilines is 1. The monoisotopic (exact) mass is 366 g/mol. The van der Waals surface area contributed by atoms with Crippen molar-refractivity contribution in [1.29, 1.82) is 0 Å². The fourth-order valence-corrected chi connectivity index (χ4v) is 3.60. The van der Waals surface area contributed by atoms with Crippen LogP contribution in [0.3, 0.4) is 0 Å². The second-order valence-corrected chi connectivity index (χ2v) is 6.34. The predicted molar refractivity (Wildman–Crippen MR) is 93.9 cm³/mol. The van der Waals surface area contributed by atoms with Crippen molar-refractivity contribution < 1.29 is 4.79 Å². The summed E-state index contributed by atoms with van der Waals surface area (Å²) in [5, 5.41) is 0. The lowest BCUT2D eigenvalue weighted by atomic mass is 10.0. The molecule has 0 saturated heterocycles. The lowest BCUT2D eigenvalue weighted by Crippen LogP contribution is -2.26. The van der Waals surface area contributed by atoms with E-state index in [9.17, 15) is 4.79 Å². The van der Waals surface area contributed by atoms with Gasteiger partial charge in [0.05, 0.1) is 17.6 Å². The number of halogens is 1. The van der Waals surface area contributed by atoms with Crippen LogP contribution in [0.25, 0.3) is 11.0 Å². The smallest absolute Gasteiger partial charge is 0.201 e. The van der Waals surface area contributed by atoms with Crippen molar-refractivity contribution in [3.63, 3.8) is 0 Å². The van der Waals surface area contributed by atoms with Gasteiger partial charge in [-0.05, 0) is 39.1 Å². The fourth-order valence-electron chi connectivity index (χ4n) is 2.95. The quantitative estimate of drug-likeness (QED) is 0.850. The molecule has 0 fully saturated rings. The lowest BCUT2D eigenvalue weighted by Gasteiger charge is -2.27. The molecule has 6 heteroatoms. The van der Waals surface area contributed by atoms with E-state index in [1.165, 1.54) is 0 Å². The number of nitrogen functional groups attached to an aromatic ring is 1. The average Bonchev–Trinajstić information content (AvgIpc) is 2.75. The van der Waals surface area contributed by atoms with Crippen LogP contribution in [-0.4, -0.2) is 33.3 Å². The number of nitrogens with two attached hydrogens (primary N) is 1. The Bertz CT molecular complexity index is 691. The van der Waals surface area contributed by atoms with Crippen molar-refractivity contribution in [2.75, 3.05) is 18.8 Å². The maximum atomic E-state index is 11.5. The van der Waals surface area contributed by atoms with Crippen molar-refractivity contribution >= 4 is 38.7 Å². The van der Waals surface area contributed by atoms with Gasteiger partial charge in [0.25, 0.3) is 0 Å². The minimum atomic E-state index is 0.0623. The highest BCUT2D eigenvalue weighted by Gasteiger charge is 2.22. The number of aromatic nitrogens is 2. The summed E-state index contributed by atoms with van der Waals surface area (Å²) in [5.74, 6) is 0.448. The first kappa shape index (κ1) is 17.0. The number of hydrogen-bond acceptors (Lipinski definition) is 4. The Morgan fingerprint density at radius 2 is 2.05 bits per heavy atom. The number of fused-ring (bicyclic) bond motifs is 1. The van der Waals surface area contributed by atoms with Gasteiger partial charge in [-0.1, -0.05) is 29.8 Å². The molecule has 0 aliphatic heterocycles. The highest BCUT2D eigenvalue weighted by atomic mass is 79.9. The van der Waals surface area contributed by atoms with Gasteiger partial charge in [-0.3, -0.25) is 9.69 Å². The summed E-state index contributed by atoms with van der Waals surface area (Å²) in [6.07, 6.45) is 0. The van der Waals surface area contributed by atoms with E-state index in [1.807, 2.05) is 12.1 Å². The minimum absolute atomic E-state index is 0.0623. The zero-order valence-corrected chi connectivity index (χ0v) is 15.1. The Kier molecular flexibility index (Phi) is 5.24. The van der Waals surface area contributed by atoms with E-state index < -0.39 is 0 Å². The van der Waals surface area contributed by atoms with Gasteiger partial charge < -0.3 is 10.3 Å². The first-order valence-corrected chi connectivity index (χ1v) is 8.37. The summed E-state index contributed by atoms with van der Waals surface area (Å²) in [6.45, 7) is 10.2. The number of imidazole rings is 1. The number of carbonyl (C=O) groups is 1. The van der Waals surface area contributed by atoms with Crippen LogP contribution >= 0.6 is 15.9 Å². The number of carbonyl (C=O) groups excluding carboxylic acids is 1. The second kappa shape index (κ2) is 6.79. The fraction of sp³-hybridized carbons (Fsp3) is 0.500. The molecule has 1 aromatic carbocycles. The summed E-state index contributed by atoms with van der Waals surface area (Å²) < 4.78 is 2.80. The molecule has 0 bridgehead atoms. The Hall–Kier alpha value is -1.40. The molecule has 2 aromatic rings. The van der Waals surface area contributed by atoms with Crippen LogP contribution in [0.5, 0.6) is 0 Å². The molecule has 0 spiro atoms. The van der Waals surface area contributed by atoms with Gasteiger partial charge in [0.2, 0.25) is 5.95 Å². The van der Waals surface area contributed by atoms with Gasteiger partial charge in [-0.2, -0.15) is 0 Å². The highest BCUT2D eigenvalue weighted by Crippen LogP contribution is 2.34. The SMILES string of the molecule is CCN(CC)C(C)c1c(Br)ccc2c1nc(N)n2CC(C)=O. The van der Waals surface area contributed by atoms with E-state index in [4.69, 9.17) is 5.73 Å². The molecule has 1 unspecified atom stereocenters. The molecule has 2 rings (SSSR count). The molecule has 0 amide bonds. The Balaban J connectivity index is 2.64. The van der Waals surface area contributed by atoms with Crippen molar-refractivity contribution in [1.82, 2.24) is 14.5 Å². The molecule has 1 atom stereocenters. The number of hydrogen-bond donors (Lipinski definition) is 1. The number of rotatable bonds is 6. The van der Waals surface area contributed by atoms with E-state index in [-0.39, 0.29) is 18.4 Å². The molecule has 120 valence electrons. The number of ketones is 1. The number of benzene rings is 1. The van der Waals surface area contributed by atoms with Crippen molar-refractivity contribution in [2.45, 2.75) is 40.3 Å². The van der Waals surface area contributed by atoms with Crippen molar-refractivity contribution in [3.8, 4) is 0 Å². The number of nitrogens with zero attached hydrogens (tertiary/aromatic N) is 3. The normalized spacial score (nSPS) is 13.0. The molecule has 0 aliphatic rings. The highest BCUT2D eigenvalue weighted by molar-refractivity contribution is 9.10. The first-order valence-electron chi connectivity index (χ1n) is 7.58. The van der Waals surface area contributed by atoms with E-state index in [0.717, 1.165) is 34.2 Å². The molecule has 0 aliphatic carbocycles. The van der Waals surface area contributed by atoms with Gasteiger partial charge in [0.15, 0.2) is 0 Å². The lowest BCUT2D eigenvalue weighted by molar-refractivity contribution is -0.117. The zero-order valence-electron chi connectivity index (χ0n) is 13.6. The predicted octanol–water partition coefficient (Wildman–Crippen LogP) is 3.37. The Morgan fingerprint density at radius 3 is 2.59 bits per heavy atom. The van der Waals surface area contributed by atoms with Crippen LogP contribution in [0.1, 0.15) is 39.3 Å². The third kappa shape index (κ3) is 3.03. The molecule has 0 radical (unpaired) electrons. The third-order valence-electron chi connectivity index (χ3n) is 4.09. The molecule has 1 heterocycles. The minimum Gasteiger partial charge on any atom is -0.369 e. The third-order valence-corrected chi connectivity index (χ3v) is 4.79. The van der Waals surface area contributed by atoms with Crippen LogP contribution in [0, 0.1) is 0 Å². The largest absolute Gasteiger partial charge is 0.369 e. The number of Topliss-reactive ketones (excluding diaryl/α,β-unsaturated/α-hetero) is 1. The Morgan fingerprint density at radius 1 is 1.41 bits per heavy atom. The van der Waals surface area contributed by atoms with Crippen LogP contribution in [-0.2, 0) is 11.3 Å². The summed E-state index contributed by atoms with van der Waals surface area (Å²) in [5.41, 5.74) is 8.93. The van der Waals surface area contributed by atoms with Crippen molar-refractivity contribution in [2.24, 2.45) is 0 Å².